The minimum absolute atomic E-state index is 0.0489. The molecular formula is C19H16N2O5. The molecule has 1 aliphatic heterocycles. The molecule has 2 aromatic rings. The zero-order chi connectivity index (χ0) is 18.5. The molecular weight excluding hydrogens is 336 g/mol. The van der Waals surface area contributed by atoms with Crippen LogP contribution in [-0.4, -0.2) is 23.4 Å². The van der Waals surface area contributed by atoms with Gasteiger partial charge in [0.2, 0.25) is 5.90 Å². The molecule has 1 heterocycles. The molecule has 0 fully saturated rings. The molecule has 7 heteroatoms. The number of hydrogen-bond acceptors (Lipinski definition) is 6. The number of non-ortho nitro benzene ring substituents is 1. The molecule has 0 bridgehead atoms. The van der Waals surface area contributed by atoms with Gasteiger partial charge in [0.1, 0.15) is 5.75 Å². The van der Waals surface area contributed by atoms with Gasteiger partial charge in [0.05, 0.1) is 11.5 Å². The zero-order valence-corrected chi connectivity index (χ0v) is 14.0. The van der Waals surface area contributed by atoms with Crippen LogP contribution in [0.25, 0.3) is 6.08 Å². The molecule has 0 aromatic heterocycles. The molecule has 2 aromatic carbocycles. The van der Waals surface area contributed by atoms with Crippen molar-refractivity contribution in [1.82, 2.24) is 0 Å². The van der Waals surface area contributed by atoms with Crippen molar-refractivity contribution in [3.8, 4) is 5.75 Å². The van der Waals surface area contributed by atoms with E-state index >= 15 is 0 Å². The molecule has 26 heavy (non-hydrogen) atoms. The molecule has 132 valence electrons. The Balaban J connectivity index is 1.82. The Kier molecular flexibility index (Phi) is 5.07. The van der Waals surface area contributed by atoms with Crippen LogP contribution >= 0.6 is 0 Å². The van der Waals surface area contributed by atoms with E-state index < -0.39 is 10.9 Å². The van der Waals surface area contributed by atoms with Gasteiger partial charge in [0.15, 0.2) is 5.70 Å². The van der Waals surface area contributed by atoms with Gasteiger partial charge in [-0.15, -0.1) is 0 Å². The van der Waals surface area contributed by atoms with E-state index in [1.807, 2.05) is 31.2 Å². The molecule has 0 unspecified atom stereocenters. The van der Waals surface area contributed by atoms with E-state index in [-0.39, 0.29) is 17.3 Å². The molecule has 3 rings (SSSR count). The quantitative estimate of drug-likeness (QED) is 0.342. The largest absolute Gasteiger partial charge is 0.494 e. The van der Waals surface area contributed by atoms with Gasteiger partial charge in [-0.1, -0.05) is 25.1 Å². The van der Waals surface area contributed by atoms with Gasteiger partial charge in [-0.2, -0.15) is 0 Å². The first-order valence-corrected chi connectivity index (χ1v) is 8.07. The van der Waals surface area contributed by atoms with E-state index in [0.717, 1.165) is 17.7 Å². The SMILES string of the molecule is CCCOc1ccc(/C=C2/N=C(c3cccc([N+](=O)[O-])c3)OC2=O)cc1. The summed E-state index contributed by atoms with van der Waals surface area (Å²) in [5.74, 6) is 0.203. The van der Waals surface area contributed by atoms with Crippen LogP contribution in [0, 0.1) is 10.1 Å². The number of nitrogens with zero attached hydrogens (tertiary/aromatic N) is 2. The zero-order valence-electron chi connectivity index (χ0n) is 14.0. The number of carbonyl (C=O) groups excluding carboxylic acids is 1. The molecule has 0 atom stereocenters. The maximum atomic E-state index is 12.0. The van der Waals surface area contributed by atoms with E-state index in [1.54, 1.807) is 12.1 Å². The van der Waals surface area contributed by atoms with Crippen molar-refractivity contribution in [1.29, 1.82) is 0 Å². The number of esters is 1. The van der Waals surface area contributed by atoms with Crippen molar-refractivity contribution < 1.29 is 19.2 Å². The minimum atomic E-state index is -0.599. The highest BCUT2D eigenvalue weighted by molar-refractivity contribution is 6.13. The number of carbonyl (C=O) groups is 1. The van der Waals surface area contributed by atoms with Crippen LogP contribution in [0.4, 0.5) is 5.69 Å². The fourth-order valence-corrected chi connectivity index (χ4v) is 2.32. The number of hydrogen-bond donors (Lipinski definition) is 0. The highest BCUT2D eigenvalue weighted by atomic mass is 16.6. The van der Waals surface area contributed by atoms with Crippen LogP contribution in [-0.2, 0) is 9.53 Å². The average molecular weight is 352 g/mol. The summed E-state index contributed by atoms with van der Waals surface area (Å²) in [6.45, 7) is 2.67. The fraction of sp³-hybridized carbons (Fsp3) is 0.158. The lowest BCUT2D eigenvalue weighted by molar-refractivity contribution is -0.384. The Labute approximate surface area is 149 Å². The Bertz CT molecular complexity index is 900. The fourth-order valence-electron chi connectivity index (χ4n) is 2.32. The second-order valence-corrected chi connectivity index (χ2v) is 5.56. The predicted octanol–water partition coefficient (Wildman–Crippen LogP) is 3.73. The van der Waals surface area contributed by atoms with Crippen molar-refractivity contribution in [2.75, 3.05) is 6.61 Å². The second-order valence-electron chi connectivity index (χ2n) is 5.56. The normalized spacial score (nSPS) is 14.9. The van der Waals surface area contributed by atoms with Crippen LogP contribution in [0.3, 0.4) is 0 Å². The molecule has 0 saturated heterocycles. The van der Waals surface area contributed by atoms with E-state index in [0.29, 0.717) is 12.2 Å². The maximum Gasteiger partial charge on any atom is 0.363 e. The Morgan fingerprint density at radius 1 is 1.23 bits per heavy atom. The van der Waals surface area contributed by atoms with Crippen LogP contribution in [0.2, 0.25) is 0 Å². The van der Waals surface area contributed by atoms with Crippen LogP contribution in [0.5, 0.6) is 5.75 Å². The van der Waals surface area contributed by atoms with E-state index in [9.17, 15) is 14.9 Å². The van der Waals surface area contributed by atoms with Crippen LogP contribution in [0.1, 0.15) is 24.5 Å². The first-order valence-electron chi connectivity index (χ1n) is 8.07. The lowest BCUT2D eigenvalue weighted by atomic mass is 10.2. The molecule has 7 nitrogen and oxygen atoms in total. The van der Waals surface area contributed by atoms with Crippen molar-refractivity contribution in [3.05, 3.63) is 75.5 Å². The predicted molar refractivity (Wildman–Crippen MR) is 95.9 cm³/mol. The summed E-state index contributed by atoms with van der Waals surface area (Å²) < 4.78 is 10.7. The van der Waals surface area contributed by atoms with E-state index in [2.05, 4.69) is 4.99 Å². The highest BCUT2D eigenvalue weighted by Gasteiger charge is 2.25. The third kappa shape index (κ3) is 3.94. The number of aliphatic imine (C=N–C) groups is 1. The second kappa shape index (κ2) is 7.60. The van der Waals surface area contributed by atoms with E-state index in [4.69, 9.17) is 9.47 Å². The van der Waals surface area contributed by atoms with Gasteiger partial charge in [-0.3, -0.25) is 10.1 Å². The Morgan fingerprint density at radius 2 is 2.00 bits per heavy atom. The first-order chi connectivity index (χ1) is 12.6. The molecule has 0 radical (unpaired) electrons. The molecule has 0 saturated carbocycles. The Morgan fingerprint density at radius 3 is 2.69 bits per heavy atom. The van der Waals surface area contributed by atoms with E-state index in [1.165, 1.54) is 18.2 Å². The van der Waals surface area contributed by atoms with Crippen LogP contribution < -0.4 is 4.74 Å². The monoisotopic (exact) mass is 352 g/mol. The molecule has 0 spiro atoms. The molecule has 0 aliphatic carbocycles. The third-order valence-electron chi connectivity index (χ3n) is 3.58. The van der Waals surface area contributed by atoms with Crippen molar-refractivity contribution in [2.24, 2.45) is 4.99 Å². The lowest BCUT2D eigenvalue weighted by Crippen LogP contribution is -2.05. The van der Waals surface area contributed by atoms with Crippen molar-refractivity contribution in [3.63, 3.8) is 0 Å². The Hall–Kier alpha value is -3.48. The minimum Gasteiger partial charge on any atom is -0.494 e. The molecule has 1 aliphatic rings. The molecule has 0 amide bonds. The highest BCUT2D eigenvalue weighted by Crippen LogP contribution is 2.22. The number of ether oxygens (including phenoxy) is 2. The third-order valence-corrected chi connectivity index (χ3v) is 3.58. The summed E-state index contributed by atoms with van der Waals surface area (Å²) >= 11 is 0. The summed E-state index contributed by atoms with van der Waals surface area (Å²) in [6.07, 6.45) is 2.52. The molecule has 0 N–H and O–H groups in total. The van der Waals surface area contributed by atoms with Crippen molar-refractivity contribution in [2.45, 2.75) is 13.3 Å². The maximum absolute atomic E-state index is 12.0. The summed E-state index contributed by atoms with van der Waals surface area (Å²) in [5.41, 5.74) is 1.18. The number of benzene rings is 2. The number of cyclic esters (lactones) is 1. The van der Waals surface area contributed by atoms with Crippen LogP contribution in [0.15, 0.2) is 59.2 Å². The van der Waals surface area contributed by atoms with Gasteiger partial charge in [-0.05, 0) is 36.3 Å². The first kappa shape index (κ1) is 17.3. The average Bonchev–Trinajstić information content (AvgIpc) is 3.02. The van der Waals surface area contributed by atoms with Gasteiger partial charge >= 0.3 is 5.97 Å². The smallest absolute Gasteiger partial charge is 0.363 e. The summed E-state index contributed by atoms with van der Waals surface area (Å²) in [6, 6.07) is 13.0. The summed E-state index contributed by atoms with van der Waals surface area (Å²) in [4.78, 5) is 26.5. The number of nitro groups is 1. The standard InChI is InChI=1S/C19H16N2O5/c1-2-10-25-16-8-6-13(7-9-16)11-17-19(22)26-18(20-17)14-4-3-5-15(12-14)21(23)24/h3-9,11-12H,2,10H2,1H3/b17-11+. The van der Waals surface area contributed by atoms with Crippen molar-refractivity contribution >= 4 is 23.6 Å². The number of rotatable bonds is 6. The van der Waals surface area contributed by atoms with Gasteiger partial charge in [0, 0.05) is 17.7 Å². The van der Waals surface area contributed by atoms with Gasteiger partial charge < -0.3 is 9.47 Å². The number of nitro benzene ring substituents is 1. The topological polar surface area (TPSA) is 91.0 Å². The van der Waals surface area contributed by atoms with Gasteiger partial charge in [-0.25, -0.2) is 9.79 Å². The van der Waals surface area contributed by atoms with Gasteiger partial charge in [0.25, 0.3) is 5.69 Å². The summed E-state index contributed by atoms with van der Waals surface area (Å²) in [7, 11) is 0. The summed E-state index contributed by atoms with van der Waals surface area (Å²) in [5, 5.41) is 10.9. The lowest BCUT2D eigenvalue weighted by Gasteiger charge is -2.04.